The zero-order valence-electron chi connectivity index (χ0n) is 17.6. The third kappa shape index (κ3) is 4.80. The Morgan fingerprint density at radius 3 is 2.56 bits per heavy atom. The Bertz CT molecular complexity index is 1130. The molecule has 3 heterocycles. The van der Waals surface area contributed by atoms with E-state index in [0.29, 0.717) is 51.4 Å². The van der Waals surface area contributed by atoms with Crippen molar-refractivity contribution in [2.45, 2.75) is 13.5 Å². The second kappa shape index (κ2) is 9.73. The molecule has 0 spiro atoms. The summed E-state index contributed by atoms with van der Waals surface area (Å²) in [4.78, 5) is 10.8. The maximum Gasteiger partial charge on any atom is 0.131 e. The van der Waals surface area contributed by atoms with Crippen molar-refractivity contribution in [2.24, 2.45) is 0 Å². The molecule has 3 aromatic rings. The van der Waals surface area contributed by atoms with Crippen LogP contribution < -0.4 is 15.4 Å². The molecule has 0 unspecified atom stereocenters. The second-order valence-corrected chi connectivity index (χ2v) is 8.27. The zero-order chi connectivity index (χ0) is 22.7. The van der Waals surface area contributed by atoms with Crippen molar-refractivity contribution in [2.75, 3.05) is 36.9 Å². The van der Waals surface area contributed by atoms with Crippen molar-refractivity contribution in [3.05, 3.63) is 75.2 Å². The summed E-state index contributed by atoms with van der Waals surface area (Å²) < 4.78 is 11.3. The summed E-state index contributed by atoms with van der Waals surface area (Å²) in [5, 5.41) is 9.59. The fraction of sp³-hybridized carbons (Fsp3) is 0.261. The van der Waals surface area contributed by atoms with E-state index in [9.17, 15) is 0 Å². The number of nitrogens with two attached hydrogens (primary N) is 1. The molecule has 32 heavy (non-hydrogen) atoms. The molecular weight excluding hydrogens is 449 g/mol. The number of morpholine rings is 1. The van der Waals surface area contributed by atoms with Gasteiger partial charge in [-0.25, -0.2) is 4.98 Å². The number of aryl methyl sites for hydroxylation is 1. The molecule has 0 amide bonds. The average Bonchev–Trinajstić information content (AvgIpc) is 2.80. The quantitative estimate of drug-likeness (QED) is 0.405. The van der Waals surface area contributed by atoms with Gasteiger partial charge in [-0.05, 0) is 36.8 Å². The van der Waals surface area contributed by atoms with Gasteiger partial charge in [0.25, 0.3) is 0 Å². The minimum Gasteiger partial charge on any atom is -0.489 e. The molecule has 2 aromatic heterocycles. The first-order chi connectivity index (χ1) is 15.4. The fourth-order valence-electron chi connectivity index (χ4n) is 3.54. The Labute approximate surface area is 196 Å². The lowest BCUT2D eigenvalue weighted by atomic mass is 10.0. The number of anilines is 2. The monoisotopic (exact) mass is 471 g/mol. The lowest BCUT2D eigenvalue weighted by Crippen LogP contribution is -2.37. The molecule has 1 aliphatic rings. The van der Waals surface area contributed by atoms with E-state index < -0.39 is 0 Å². The van der Waals surface area contributed by atoms with Crippen LogP contribution in [0.4, 0.5) is 11.5 Å². The predicted octanol–water partition coefficient (Wildman–Crippen LogP) is 4.51. The van der Waals surface area contributed by atoms with Gasteiger partial charge in [-0.2, -0.15) is 0 Å². The number of hydrogen-bond acceptors (Lipinski definition) is 7. The largest absolute Gasteiger partial charge is 0.489 e. The van der Waals surface area contributed by atoms with Crippen LogP contribution in [0.1, 0.15) is 22.3 Å². The third-order valence-corrected chi connectivity index (χ3v) is 5.93. The first-order valence-electron chi connectivity index (χ1n) is 10.1. The summed E-state index contributed by atoms with van der Waals surface area (Å²) in [5.74, 6) is 1.47. The summed E-state index contributed by atoms with van der Waals surface area (Å²) in [7, 11) is 0. The van der Waals surface area contributed by atoms with E-state index in [1.54, 1.807) is 24.4 Å². The Kier molecular flexibility index (Phi) is 6.79. The number of ether oxygens (including phenoxy) is 2. The van der Waals surface area contributed by atoms with E-state index in [0.717, 1.165) is 24.5 Å². The normalized spacial score (nSPS) is 13.8. The van der Waals surface area contributed by atoms with Crippen molar-refractivity contribution >= 4 is 40.4 Å². The van der Waals surface area contributed by atoms with Gasteiger partial charge in [-0.15, -0.1) is 0 Å². The second-order valence-electron chi connectivity index (χ2n) is 7.46. The molecule has 0 saturated carbocycles. The molecule has 7 nitrogen and oxygen atoms in total. The minimum atomic E-state index is 0.172. The van der Waals surface area contributed by atoms with E-state index in [2.05, 4.69) is 14.9 Å². The zero-order valence-corrected chi connectivity index (χ0v) is 19.1. The number of nitrogen functional groups attached to an aromatic ring is 1. The standard InChI is InChI=1S/C23H23Cl2N5O2/c1-14-8-15(10-29-23(14)30-4-6-31-7-5-30)22(27)17-9-16(2-3-21(17)26)32-13-18-19(24)11-28-12-20(18)25/h2-3,8-12,27H,4-7,13,26H2,1H3. The molecular formula is C23H23Cl2N5O2. The Balaban J connectivity index is 1.54. The maximum absolute atomic E-state index is 8.72. The molecule has 1 fully saturated rings. The lowest BCUT2D eigenvalue weighted by Gasteiger charge is -2.29. The molecule has 4 rings (SSSR count). The van der Waals surface area contributed by atoms with E-state index in [1.807, 2.05) is 13.0 Å². The Morgan fingerprint density at radius 1 is 1.16 bits per heavy atom. The summed E-state index contributed by atoms with van der Waals surface area (Å²) in [6, 6.07) is 7.17. The van der Waals surface area contributed by atoms with E-state index >= 15 is 0 Å². The number of nitrogens with one attached hydrogen (secondary N) is 1. The summed E-state index contributed by atoms with van der Waals surface area (Å²) in [6.07, 6.45) is 4.75. The van der Waals surface area contributed by atoms with Crippen LogP contribution in [-0.2, 0) is 11.3 Å². The summed E-state index contributed by atoms with van der Waals surface area (Å²) >= 11 is 12.3. The van der Waals surface area contributed by atoms with Gasteiger partial charge in [0.05, 0.1) is 29.0 Å². The first kappa shape index (κ1) is 22.3. The highest BCUT2D eigenvalue weighted by Crippen LogP contribution is 2.28. The van der Waals surface area contributed by atoms with Crippen LogP contribution in [0.5, 0.6) is 5.75 Å². The average molecular weight is 472 g/mol. The molecule has 166 valence electrons. The van der Waals surface area contributed by atoms with E-state index in [4.69, 9.17) is 43.8 Å². The van der Waals surface area contributed by atoms with Crippen molar-refractivity contribution < 1.29 is 9.47 Å². The molecule has 3 N–H and O–H groups in total. The highest BCUT2D eigenvalue weighted by atomic mass is 35.5. The predicted molar refractivity (Wildman–Crippen MR) is 127 cm³/mol. The fourth-order valence-corrected chi connectivity index (χ4v) is 4.01. The molecule has 1 aromatic carbocycles. The first-order valence-corrected chi connectivity index (χ1v) is 10.9. The Hall–Kier alpha value is -2.87. The molecule has 0 atom stereocenters. The number of pyridine rings is 2. The van der Waals surface area contributed by atoms with Gasteiger partial charge in [-0.1, -0.05) is 23.2 Å². The lowest BCUT2D eigenvalue weighted by molar-refractivity contribution is 0.122. The van der Waals surface area contributed by atoms with Gasteiger partial charge < -0.3 is 20.1 Å². The Morgan fingerprint density at radius 2 is 1.88 bits per heavy atom. The van der Waals surface area contributed by atoms with Crippen LogP contribution in [0.2, 0.25) is 10.0 Å². The molecule has 0 bridgehead atoms. The van der Waals surface area contributed by atoms with Crippen LogP contribution in [0, 0.1) is 12.3 Å². The molecule has 1 aliphatic heterocycles. The minimum absolute atomic E-state index is 0.172. The SMILES string of the molecule is Cc1cc(C(=N)c2cc(OCc3c(Cl)cncc3Cl)ccc2N)cnc1N1CCOCC1. The summed E-state index contributed by atoms with van der Waals surface area (Å²) in [5.41, 5.74) is 9.84. The molecule has 1 saturated heterocycles. The number of halogens is 2. The third-order valence-electron chi connectivity index (χ3n) is 5.28. The van der Waals surface area contributed by atoms with Crippen LogP contribution in [-0.4, -0.2) is 42.0 Å². The van der Waals surface area contributed by atoms with Gasteiger partial charge in [0.15, 0.2) is 0 Å². The van der Waals surface area contributed by atoms with Crippen molar-refractivity contribution in [1.29, 1.82) is 5.41 Å². The number of aromatic nitrogens is 2. The number of hydrogen-bond donors (Lipinski definition) is 2. The van der Waals surface area contributed by atoms with Gasteiger partial charge in [-0.3, -0.25) is 10.4 Å². The van der Waals surface area contributed by atoms with Gasteiger partial charge in [0.2, 0.25) is 0 Å². The van der Waals surface area contributed by atoms with Crippen LogP contribution >= 0.6 is 23.2 Å². The highest BCUT2D eigenvalue weighted by molar-refractivity contribution is 6.35. The van der Waals surface area contributed by atoms with Gasteiger partial charge in [0.1, 0.15) is 18.2 Å². The van der Waals surface area contributed by atoms with Crippen molar-refractivity contribution in [1.82, 2.24) is 9.97 Å². The van der Waals surface area contributed by atoms with Crippen molar-refractivity contribution in [3.63, 3.8) is 0 Å². The van der Waals surface area contributed by atoms with Crippen molar-refractivity contribution in [3.8, 4) is 5.75 Å². The molecule has 9 heteroatoms. The number of nitrogens with zero attached hydrogens (tertiary/aromatic N) is 3. The van der Waals surface area contributed by atoms with E-state index in [-0.39, 0.29) is 12.3 Å². The van der Waals surface area contributed by atoms with Crippen LogP contribution in [0.25, 0.3) is 0 Å². The van der Waals surface area contributed by atoms with Crippen LogP contribution in [0.3, 0.4) is 0 Å². The molecule has 0 aliphatic carbocycles. The maximum atomic E-state index is 8.72. The number of benzene rings is 1. The smallest absolute Gasteiger partial charge is 0.131 e. The van der Waals surface area contributed by atoms with Crippen LogP contribution in [0.15, 0.2) is 42.9 Å². The highest BCUT2D eigenvalue weighted by Gasteiger charge is 2.17. The number of rotatable bonds is 6. The van der Waals surface area contributed by atoms with Gasteiger partial charge in [0, 0.05) is 54.1 Å². The summed E-state index contributed by atoms with van der Waals surface area (Å²) in [6.45, 7) is 5.17. The van der Waals surface area contributed by atoms with E-state index in [1.165, 1.54) is 12.4 Å². The molecule has 0 radical (unpaired) electrons. The topological polar surface area (TPSA) is 97.3 Å². The van der Waals surface area contributed by atoms with Gasteiger partial charge >= 0.3 is 0 Å².